The molecule has 3 heteroatoms. The number of benzene rings is 1. The molecule has 0 aromatic heterocycles. The molecule has 1 aromatic rings. The van der Waals surface area contributed by atoms with Crippen molar-refractivity contribution in [2.75, 3.05) is 10.6 Å². The van der Waals surface area contributed by atoms with Crippen LogP contribution in [0.25, 0.3) is 0 Å². The van der Waals surface area contributed by atoms with Crippen molar-refractivity contribution in [3.63, 3.8) is 0 Å². The molecule has 62 valence electrons. The van der Waals surface area contributed by atoms with Crippen molar-refractivity contribution in [3.8, 4) is 0 Å². The minimum absolute atomic E-state index is 0.231. The minimum Gasteiger partial charge on any atom is -0.374 e. The first-order valence-corrected chi connectivity index (χ1v) is 4.34. The molecule has 0 saturated heterocycles. The summed E-state index contributed by atoms with van der Waals surface area (Å²) >= 11 is 5.13. The maximum absolute atomic E-state index is 5.13. The zero-order chi connectivity index (χ0) is 8.55. The number of hydrogen-bond donors (Lipinski definition) is 2. The summed E-state index contributed by atoms with van der Waals surface area (Å²) in [6.07, 6.45) is 0. The predicted octanol–water partition coefficient (Wildman–Crippen LogP) is 2.24. The van der Waals surface area contributed by atoms with Crippen molar-refractivity contribution in [2.45, 2.75) is 13.0 Å². The second kappa shape index (κ2) is 2.75. The number of thiocarbonyl (C=S) groups is 1. The van der Waals surface area contributed by atoms with Gasteiger partial charge in [0.05, 0.1) is 17.4 Å². The molecule has 0 spiro atoms. The highest BCUT2D eigenvalue weighted by Crippen LogP contribution is 2.25. The fourth-order valence-corrected chi connectivity index (χ4v) is 1.43. The van der Waals surface area contributed by atoms with Gasteiger partial charge in [-0.2, -0.15) is 0 Å². The van der Waals surface area contributed by atoms with E-state index in [1.54, 1.807) is 0 Å². The van der Waals surface area contributed by atoms with Crippen LogP contribution < -0.4 is 10.6 Å². The van der Waals surface area contributed by atoms with E-state index in [1.807, 2.05) is 31.2 Å². The van der Waals surface area contributed by atoms with Gasteiger partial charge in [-0.25, -0.2) is 0 Å². The summed E-state index contributed by atoms with van der Waals surface area (Å²) in [6, 6.07) is 8.29. The molecular weight excluding hydrogens is 168 g/mol. The van der Waals surface area contributed by atoms with Gasteiger partial charge in [0.1, 0.15) is 4.99 Å². The van der Waals surface area contributed by atoms with Crippen LogP contribution in [0.4, 0.5) is 11.4 Å². The molecule has 12 heavy (non-hydrogen) atoms. The fourth-order valence-electron chi connectivity index (χ4n) is 1.26. The third kappa shape index (κ3) is 1.16. The SMILES string of the molecule is C[C@H]1Nc2ccccc2NC1=S. The van der Waals surface area contributed by atoms with Crippen molar-refractivity contribution in [3.05, 3.63) is 24.3 Å². The first-order chi connectivity index (χ1) is 5.77. The average molecular weight is 178 g/mol. The van der Waals surface area contributed by atoms with Gasteiger partial charge in [0, 0.05) is 0 Å². The zero-order valence-corrected chi connectivity index (χ0v) is 7.61. The maximum Gasteiger partial charge on any atom is 0.102 e. The quantitative estimate of drug-likeness (QED) is 0.596. The number of hydrogen-bond acceptors (Lipinski definition) is 2. The van der Waals surface area contributed by atoms with Crippen molar-refractivity contribution >= 4 is 28.6 Å². The molecule has 0 saturated carbocycles. The summed E-state index contributed by atoms with van der Waals surface area (Å²) in [6.45, 7) is 2.05. The third-order valence-electron chi connectivity index (χ3n) is 1.95. The molecule has 0 fully saturated rings. The Balaban J connectivity index is 2.40. The van der Waals surface area contributed by atoms with Crippen molar-refractivity contribution in [2.24, 2.45) is 0 Å². The summed E-state index contributed by atoms with van der Waals surface area (Å²) in [5, 5.41) is 6.48. The molecule has 1 aliphatic rings. The van der Waals surface area contributed by atoms with Crippen LogP contribution >= 0.6 is 12.2 Å². The molecule has 1 aliphatic heterocycles. The van der Waals surface area contributed by atoms with E-state index in [0.717, 1.165) is 16.4 Å². The van der Waals surface area contributed by atoms with E-state index in [2.05, 4.69) is 10.6 Å². The van der Waals surface area contributed by atoms with E-state index in [1.165, 1.54) is 0 Å². The van der Waals surface area contributed by atoms with Crippen molar-refractivity contribution < 1.29 is 0 Å². The van der Waals surface area contributed by atoms with Gasteiger partial charge in [-0.1, -0.05) is 24.4 Å². The highest BCUT2D eigenvalue weighted by atomic mass is 32.1. The van der Waals surface area contributed by atoms with E-state index in [4.69, 9.17) is 12.2 Å². The highest BCUT2D eigenvalue weighted by Gasteiger charge is 2.16. The Morgan fingerprint density at radius 1 is 1.25 bits per heavy atom. The van der Waals surface area contributed by atoms with E-state index < -0.39 is 0 Å². The predicted molar refractivity (Wildman–Crippen MR) is 55.7 cm³/mol. The molecule has 0 radical (unpaired) electrons. The first-order valence-electron chi connectivity index (χ1n) is 3.94. The Hall–Kier alpha value is -1.09. The summed E-state index contributed by atoms with van der Waals surface area (Å²) in [5.41, 5.74) is 2.19. The van der Waals surface area contributed by atoms with Crippen LogP contribution in [0, 0.1) is 0 Å². The first kappa shape index (κ1) is 7.55. The second-order valence-corrected chi connectivity index (χ2v) is 3.34. The summed E-state index contributed by atoms with van der Waals surface area (Å²) in [5.74, 6) is 0. The molecule has 2 rings (SSSR count). The standard InChI is InChI=1S/C9H10N2S/c1-6-9(12)11-8-5-3-2-4-7(8)10-6/h2-6,10H,1H3,(H,11,12)/t6-/m1/s1. The Kier molecular flexibility index (Phi) is 1.73. The molecule has 0 amide bonds. The normalized spacial score (nSPS) is 20.8. The lowest BCUT2D eigenvalue weighted by molar-refractivity contribution is 1.05. The molecule has 2 nitrogen and oxygen atoms in total. The minimum atomic E-state index is 0.231. The van der Waals surface area contributed by atoms with Crippen LogP contribution in [0.2, 0.25) is 0 Å². The summed E-state index contributed by atoms with van der Waals surface area (Å²) < 4.78 is 0. The Labute approximate surface area is 77.0 Å². The van der Waals surface area contributed by atoms with Gasteiger partial charge in [-0.3, -0.25) is 0 Å². The van der Waals surface area contributed by atoms with Crippen LogP contribution in [0.1, 0.15) is 6.92 Å². The van der Waals surface area contributed by atoms with Gasteiger partial charge in [-0.15, -0.1) is 0 Å². The van der Waals surface area contributed by atoms with Crippen LogP contribution in [-0.2, 0) is 0 Å². The number of fused-ring (bicyclic) bond motifs is 1. The van der Waals surface area contributed by atoms with Gasteiger partial charge in [0.25, 0.3) is 0 Å². The van der Waals surface area contributed by atoms with Crippen LogP contribution in [0.5, 0.6) is 0 Å². The van der Waals surface area contributed by atoms with Gasteiger partial charge in [0.15, 0.2) is 0 Å². The maximum atomic E-state index is 5.13. The highest BCUT2D eigenvalue weighted by molar-refractivity contribution is 7.80. The molecule has 1 aromatic carbocycles. The van der Waals surface area contributed by atoms with Crippen molar-refractivity contribution in [1.82, 2.24) is 0 Å². The number of para-hydroxylation sites is 2. The van der Waals surface area contributed by atoms with Gasteiger partial charge in [0.2, 0.25) is 0 Å². The Bertz CT molecular complexity index is 322. The van der Waals surface area contributed by atoms with Gasteiger partial charge < -0.3 is 10.6 Å². The molecular formula is C9H10N2S. The Morgan fingerprint density at radius 2 is 1.92 bits per heavy atom. The number of anilines is 2. The lowest BCUT2D eigenvalue weighted by atomic mass is 10.2. The monoisotopic (exact) mass is 178 g/mol. The third-order valence-corrected chi connectivity index (χ3v) is 2.41. The lowest BCUT2D eigenvalue weighted by Gasteiger charge is -2.26. The van der Waals surface area contributed by atoms with Crippen molar-refractivity contribution in [1.29, 1.82) is 0 Å². The molecule has 1 atom stereocenters. The fraction of sp³-hybridized carbons (Fsp3) is 0.222. The topological polar surface area (TPSA) is 24.1 Å². The van der Waals surface area contributed by atoms with E-state index in [0.29, 0.717) is 0 Å². The molecule has 0 unspecified atom stereocenters. The molecule has 2 N–H and O–H groups in total. The largest absolute Gasteiger partial charge is 0.374 e. The molecule has 0 aliphatic carbocycles. The number of nitrogens with one attached hydrogen (secondary N) is 2. The summed E-state index contributed by atoms with van der Waals surface area (Å²) in [4.78, 5) is 0.855. The van der Waals surface area contributed by atoms with Crippen LogP contribution in [0.3, 0.4) is 0 Å². The molecule has 0 bridgehead atoms. The second-order valence-electron chi connectivity index (χ2n) is 2.90. The van der Waals surface area contributed by atoms with Crippen LogP contribution in [-0.4, -0.2) is 11.0 Å². The van der Waals surface area contributed by atoms with E-state index in [9.17, 15) is 0 Å². The zero-order valence-electron chi connectivity index (χ0n) is 6.79. The van der Waals surface area contributed by atoms with E-state index >= 15 is 0 Å². The smallest absolute Gasteiger partial charge is 0.102 e. The number of rotatable bonds is 0. The lowest BCUT2D eigenvalue weighted by Crippen LogP contribution is -2.34. The Morgan fingerprint density at radius 3 is 2.67 bits per heavy atom. The average Bonchev–Trinajstić information content (AvgIpc) is 2.07. The van der Waals surface area contributed by atoms with Gasteiger partial charge >= 0.3 is 0 Å². The van der Waals surface area contributed by atoms with Gasteiger partial charge in [-0.05, 0) is 19.1 Å². The van der Waals surface area contributed by atoms with Crippen LogP contribution in [0.15, 0.2) is 24.3 Å². The molecule has 1 heterocycles. The summed E-state index contributed by atoms with van der Waals surface area (Å²) in [7, 11) is 0. The van der Waals surface area contributed by atoms with E-state index in [-0.39, 0.29) is 6.04 Å².